The number of aromatic nitrogens is 1. The van der Waals surface area contributed by atoms with Gasteiger partial charge in [0.15, 0.2) is 0 Å². The van der Waals surface area contributed by atoms with Crippen molar-refractivity contribution in [2.24, 2.45) is 0 Å². The van der Waals surface area contributed by atoms with E-state index in [9.17, 15) is 9.18 Å². The summed E-state index contributed by atoms with van der Waals surface area (Å²) in [5.74, 6) is 0.429. The van der Waals surface area contributed by atoms with Crippen molar-refractivity contribution in [1.29, 1.82) is 0 Å². The lowest BCUT2D eigenvalue weighted by atomic mass is 9.90. The number of nitrogens with one attached hydrogen (secondary N) is 1. The lowest BCUT2D eigenvalue weighted by Gasteiger charge is -2.36. The van der Waals surface area contributed by atoms with Gasteiger partial charge in [0.1, 0.15) is 17.2 Å². The molecular formula is C25H34FN3O3. The van der Waals surface area contributed by atoms with Crippen LogP contribution in [-0.4, -0.2) is 47.8 Å². The summed E-state index contributed by atoms with van der Waals surface area (Å²) >= 11 is 0. The number of benzene rings is 1. The second-order valence-electron chi connectivity index (χ2n) is 9.36. The van der Waals surface area contributed by atoms with Gasteiger partial charge in [0, 0.05) is 43.0 Å². The van der Waals surface area contributed by atoms with Crippen molar-refractivity contribution in [2.45, 2.75) is 70.7 Å². The predicted octanol–water partition coefficient (Wildman–Crippen LogP) is 5.16. The highest BCUT2D eigenvalue weighted by atomic mass is 19.1. The van der Waals surface area contributed by atoms with Crippen LogP contribution < -0.4 is 10.1 Å². The van der Waals surface area contributed by atoms with Gasteiger partial charge in [-0.05, 0) is 70.2 Å². The summed E-state index contributed by atoms with van der Waals surface area (Å²) in [6.07, 6.45) is 6.34. The maximum atomic E-state index is 14.2. The fourth-order valence-corrected chi connectivity index (χ4v) is 4.10. The van der Waals surface area contributed by atoms with Crippen LogP contribution >= 0.6 is 0 Å². The molecule has 0 aliphatic heterocycles. The average Bonchev–Trinajstić information content (AvgIpc) is 2.76. The molecule has 7 heteroatoms. The molecule has 0 atom stereocenters. The third-order valence-electron chi connectivity index (χ3n) is 5.87. The molecule has 1 heterocycles. The number of carbonyl (C=O) groups is 1. The SMILES string of the molecule is COc1ccc(-c2ccncc2F)cc1CNC1CCC(N(C)C(=O)OC(C)(C)C)CC1. The van der Waals surface area contributed by atoms with Gasteiger partial charge in [0.25, 0.3) is 0 Å². The Kier molecular flexibility index (Phi) is 7.72. The van der Waals surface area contributed by atoms with Crippen molar-refractivity contribution < 1.29 is 18.7 Å². The van der Waals surface area contributed by atoms with Crippen molar-refractivity contribution in [3.63, 3.8) is 0 Å². The number of carbonyl (C=O) groups excluding carboxylic acids is 1. The van der Waals surface area contributed by atoms with Crippen LogP contribution in [0.5, 0.6) is 5.75 Å². The Labute approximate surface area is 190 Å². The zero-order chi connectivity index (χ0) is 23.3. The molecule has 0 saturated heterocycles. The zero-order valence-electron chi connectivity index (χ0n) is 19.7. The van der Waals surface area contributed by atoms with E-state index in [1.165, 1.54) is 6.20 Å². The minimum absolute atomic E-state index is 0.190. The van der Waals surface area contributed by atoms with Gasteiger partial charge < -0.3 is 19.7 Å². The van der Waals surface area contributed by atoms with Gasteiger partial charge in [0.2, 0.25) is 0 Å². The summed E-state index contributed by atoms with van der Waals surface area (Å²) in [5.41, 5.74) is 1.81. The van der Waals surface area contributed by atoms with Crippen molar-refractivity contribution in [3.8, 4) is 16.9 Å². The minimum atomic E-state index is -0.489. The molecule has 0 radical (unpaired) electrons. The van der Waals surface area contributed by atoms with E-state index in [0.717, 1.165) is 42.6 Å². The molecule has 1 aromatic carbocycles. The lowest BCUT2D eigenvalue weighted by molar-refractivity contribution is 0.0179. The quantitative estimate of drug-likeness (QED) is 0.668. The first kappa shape index (κ1) is 24.0. The number of hydrogen-bond donors (Lipinski definition) is 1. The summed E-state index contributed by atoms with van der Waals surface area (Å²) in [6, 6.07) is 7.92. The fraction of sp³-hybridized carbons (Fsp3) is 0.520. The number of amides is 1. The molecule has 32 heavy (non-hydrogen) atoms. The van der Waals surface area contributed by atoms with E-state index in [0.29, 0.717) is 18.2 Å². The Bertz CT molecular complexity index is 921. The molecule has 1 N–H and O–H groups in total. The second kappa shape index (κ2) is 10.3. The summed E-state index contributed by atoms with van der Waals surface area (Å²) in [7, 11) is 3.46. The lowest BCUT2D eigenvalue weighted by Crippen LogP contribution is -2.44. The first-order valence-corrected chi connectivity index (χ1v) is 11.1. The molecule has 1 fully saturated rings. The van der Waals surface area contributed by atoms with Gasteiger partial charge in [0.05, 0.1) is 13.3 Å². The number of rotatable bonds is 6. The summed E-state index contributed by atoms with van der Waals surface area (Å²) < 4.78 is 25.2. The van der Waals surface area contributed by atoms with Gasteiger partial charge in [-0.1, -0.05) is 6.07 Å². The molecule has 0 bridgehead atoms. The predicted molar refractivity (Wildman–Crippen MR) is 123 cm³/mol. The van der Waals surface area contributed by atoms with E-state index in [-0.39, 0.29) is 18.0 Å². The maximum absolute atomic E-state index is 14.2. The first-order chi connectivity index (χ1) is 15.2. The second-order valence-corrected chi connectivity index (χ2v) is 9.36. The van der Waals surface area contributed by atoms with Gasteiger partial charge in [-0.15, -0.1) is 0 Å². The Hall–Kier alpha value is -2.67. The van der Waals surface area contributed by atoms with Crippen LogP contribution in [0.4, 0.5) is 9.18 Å². The molecule has 1 amide bonds. The van der Waals surface area contributed by atoms with Crippen LogP contribution in [0.2, 0.25) is 0 Å². The number of hydrogen-bond acceptors (Lipinski definition) is 5. The van der Waals surface area contributed by atoms with Gasteiger partial charge in [-0.3, -0.25) is 4.98 Å². The molecule has 1 aliphatic carbocycles. The summed E-state index contributed by atoms with van der Waals surface area (Å²) in [4.78, 5) is 17.9. The van der Waals surface area contributed by atoms with Crippen molar-refractivity contribution in [3.05, 3.63) is 48.0 Å². The molecule has 174 valence electrons. The van der Waals surface area contributed by atoms with Crippen LogP contribution in [-0.2, 0) is 11.3 Å². The van der Waals surface area contributed by atoms with Gasteiger partial charge >= 0.3 is 6.09 Å². The molecule has 1 aliphatic rings. The third-order valence-corrected chi connectivity index (χ3v) is 5.87. The molecule has 0 unspecified atom stereocenters. The van der Waals surface area contributed by atoms with Crippen LogP contribution in [0.1, 0.15) is 52.0 Å². The Morgan fingerprint density at radius 1 is 1.22 bits per heavy atom. The van der Waals surface area contributed by atoms with E-state index in [2.05, 4.69) is 10.3 Å². The number of nitrogens with zero attached hydrogens (tertiary/aromatic N) is 2. The standard InChI is InChI=1S/C25H34FN3O3/c1-25(2,3)32-24(30)29(4)20-9-7-19(8-10-20)28-15-18-14-17(6-11-23(18)31-5)21-12-13-27-16-22(21)26/h6,11-14,16,19-20,28H,7-10,15H2,1-5H3. The van der Waals surface area contributed by atoms with Crippen LogP contribution in [0.3, 0.4) is 0 Å². The van der Waals surface area contributed by atoms with E-state index < -0.39 is 5.60 Å². The maximum Gasteiger partial charge on any atom is 0.410 e. The van der Waals surface area contributed by atoms with Crippen LogP contribution in [0.15, 0.2) is 36.7 Å². The van der Waals surface area contributed by atoms with Crippen molar-refractivity contribution >= 4 is 6.09 Å². The molecule has 3 rings (SSSR count). The first-order valence-electron chi connectivity index (χ1n) is 11.1. The molecule has 0 spiro atoms. The minimum Gasteiger partial charge on any atom is -0.496 e. The Morgan fingerprint density at radius 3 is 2.56 bits per heavy atom. The smallest absolute Gasteiger partial charge is 0.410 e. The largest absolute Gasteiger partial charge is 0.496 e. The average molecular weight is 444 g/mol. The number of halogens is 1. The van der Waals surface area contributed by atoms with Crippen LogP contribution in [0.25, 0.3) is 11.1 Å². The normalized spacial score (nSPS) is 18.8. The third kappa shape index (κ3) is 6.19. The highest BCUT2D eigenvalue weighted by Gasteiger charge is 2.29. The van der Waals surface area contributed by atoms with Crippen LogP contribution in [0, 0.1) is 5.82 Å². The number of methoxy groups -OCH3 is 1. The highest BCUT2D eigenvalue weighted by molar-refractivity contribution is 5.68. The fourth-order valence-electron chi connectivity index (χ4n) is 4.10. The van der Waals surface area contributed by atoms with E-state index in [4.69, 9.17) is 9.47 Å². The van der Waals surface area contributed by atoms with E-state index in [1.807, 2.05) is 46.0 Å². The summed E-state index contributed by atoms with van der Waals surface area (Å²) in [6.45, 7) is 6.27. The van der Waals surface area contributed by atoms with Gasteiger partial charge in [-0.25, -0.2) is 9.18 Å². The van der Waals surface area contributed by atoms with E-state index >= 15 is 0 Å². The summed E-state index contributed by atoms with van der Waals surface area (Å²) in [5, 5.41) is 3.61. The number of pyridine rings is 1. The van der Waals surface area contributed by atoms with Crippen molar-refractivity contribution in [2.75, 3.05) is 14.2 Å². The molecule has 2 aromatic rings. The molecule has 1 aromatic heterocycles. The van der Waals surface area contributed by atoms with Gasteiger partial charge in [-0.2, -0.15) is 0 Å². The highest BCUT2D eigenvalue weighted by Crippen LogP contribution is 2.29. The molecule has 1 saturated carbocycles. The Morgan fingerprint density at radius 2 is 1.94 bits per heavy atom. The Balaban J connectivity index is 1.58. The number of ether oxygens (including phenoxy) is 2. The van der Waals surface area contributed by atoms with Crippen molar-refractivity contribution in [1.82, 2.24) is 15.2 Å². The molecular weight excluding hydrogens is 409 g/mol. The molecule has 6 nitrogen and oxygen atoms in total. The zero-order valence-corrected chi connectivity index (χ0v) is 19.7. The monoisotopic (exact) mass is 443 g/mol. The van der Waals surface area contributed by atoms with E-state index in [1.54, 1.807) is 24.3 Å². The topological polar surface area (TPSA) is 63.7 Å².